The second-order valence-electron chi connectivity index (χ2n) is 4.35. The second-order valence-corrected chi connectivity index (χ2v) is 5.83. The summed E-state index contributed by atoms with van der Waals surface area (Å²) in [5.41, 5.74) is 4.67. The molecule has 0 unspecified atom stereocenters. The average Bonchev–Trinajstić information content (AvgIpc) is 2.67. The SMILES string of the molecule is Cc1cccc(Nc2c(CC(=O)O)csc2Cl)c1C. The minimum Gasteiger partial charge on any atom is -0.481 e. The van der Waals surface area contributed by atoms with E-state index in [2.05, 4.69) is 5.32 Å². The van der Waals surface area contributed by atoms with Gasteiger partial charge in [0.2, 0.25) is 0 Å². The Labute approximate surface area is 120 Å². The second kappa shape index (κ2) is 5.63. The van der Waals surface area contributed by atoms with Crippen molar-refractivity contribution in [1.82, 2.24) is 0 Å². The molecule has 1 aromatic carbocycles. The van der Waals surface area contributed by atoms with Crippen LogP contribution < -0.4 is 5.32 Å². The number of benzene rings is 1. The number of nitrogens with one attached hydrogen (secondary N) is 1. The maximum absolute atomic E-state index is 10.8. The number of thiophene rings is 1. The van der Waals surface area contributed by atoms with Crippen LogP contribution in [0, 0.1) is 13.8 Å². The van der Waals surface area contributed by atoms with Gasteiger partial charge in [0.15, 0.2) is 0 Å². The van der Waals surface area contributed by atoms with Crippen LogP contribution >= 0.6 is 22.9 Å². The normalized spacial score (nSPS) is 10.5. The fourth-order valence-corrected chi connectivity index (χ4v) is 2.86. The molecule has 2 rings (SSSR count). The standard InChI is InChI=1S/C14H14ClNO2S/c1-8-4-3-5-11(9(8)2)16-13-10(6-12(17)18)7-19-14(13)15/h3-5,7,16H,6H2,1-2H3,(H,17,18). The smallest absolute Gasteiger partial charge is 0.307 e. The van der Waals surface area contributed by atoms with Crippen LogP contribution in [0.2, 0.25) is 4.34 Å². The van der Waals surface area contributed by atoms with Crippen molar-refractivity contribution in [2.75, 3.05) is 5.32 Å². The van der Waals surface area contributed by atoms with Crippen LogP contribution in [0.5, 0.6) is 0 Å². The van der Waals surface area contributed by atoms with Crippen LogP contribution in [0.15, 0.2) is 23.6 Å². The summed E-state index contributed by atoms with van der Waals surface area (Å²) in [7, 11) is 0. The van der Waals surface area contributed by atoms with E-state index in [1.165, 1.54) is 16.9 Å². The number of carbonyl (C=O) groups is 1. The minimum absolute atomic E-state index is 0.0313. The highest BCUT2D eigenvalue weighted by Gasteiger charge is 2.14. The fourth-order valence-electron chi connectivity index (χ4n) is 1.81. The summed E-state index contributed by atoms with van der Waals surface area (Å²) in [4.78, 5) is 10.8. The molecule has 2 aromatic rings. The highest BCUT2D eigenvalue weighted by Crippen LogP contribution is 2.36. The van der Waals surface area contributed by atoms with Gasteiger partial charge in [-0.1, -0.05) is 23.7 Å². The van der Waals surface area contributed by atoms with Gasteiger partial charge in [-0.15, -0.1) is 11.3 Å². The maximum atomic E-state index is 10.8. The first-order chi connectivity index (χ1) is 8.99. The summed E-state index contributed by atoms with van der Waals surface area (Å²) >= 11 is 7.48. The van der Waals surface area contributed by atoms with Crippen LogP contribution in [0.4, 0.5) is 11.4 Å². The Hall–Kier alpha value is -1.52. The van der Waals surface area contributed by atoms with Crippen LogP contribution in [-0.4, -0.2) is 11.1 Å². The van der Waals surface area contributed by atoms with E-state index in [0.29, 0.717) is 15.6 Å². The summed E-state index contributed by atoms with van der Waals surface area (Å²) in [6.45, 7) is 4.06. The van der Waals surface area contributed by atoms with Gasteiger partial charge >= 0.3 is 5.97 Å². The number of aliphatic carboxylic acids is 1. The van der Waals surface area contributed by atoms with Crippen molar-refractivity contribution in [2.45, 2.75) is 20.3 Å². The van der Waals surface area contributed by atoms with Crippen LogP contribution in [0.1, 0.15) is 16.7 Å². The van der Waals surface area contributed by atoms with Crippen LogP contribution in [0.3, 0.4) is 0 Å². The van der Waals surface area contributed by atoms with Gasteiger partial charge < -0.3 is 10.4 Å². The fraction of sp³-hybridized carbons (Fsp3) is 0.214. The van der Waals surface area contributed by atoms with E-state index < -0.39 is 5.97 Å². The Morgan fingerprint density at radius 3 is 2.84 bits per heavy atom. The van der Waals surface area contributed by atoms with Gasteiger partial charge in [-0.05, 0) is 42.0 Å². The van der Waals surface area contributed by atoms with Crippen molar-refractivity contribution in [1.29, 1.82) is 0 Å². The van der Waals surface area contributed by atoms with Crippen molar-refractivity contribution in [3.8, 4) is 0 Å². The molecule has 100 valence electrons. The van der Waals surface area contributed by atoms with Gasteiger partial charge in [0.1, 0.15) is 4.34 Å². The number of anilines is 2. The van der Waals surface area contributed by atoms with Crippen molar-refractivity contribution >= 4 is 40.3 Å². The minimum atomic E-state index is -0.863. The third-order valence-corrected chi connectivity index (χ3v) is 4.30. The Morgan fingerprint density at radius 2 is 2.16 bits per heavy atom. The molecular formula is C14H14ClNO2S. The lowest BCUT2D eigenvalue weighted by Crippen LogP contribution is -2.02. The molecule has 0 fully saturated rings. The lowest BCUT2D eigenvalue weighted by molar-refractivity contribution is -0.136. The Bertz CT molecular complexity index is 622. The highest BCUT2D eigenvalue weighted by atomic mass is 35.5. The lowest BCUT2D eigenvalue weighted by Gasteiger charge is -2.12. The van der Waals surface area contributed by atoms with Crippen molar-refractivity contribution in [2.24, 2.45) is 0 Å². The molecule has 0 atom stereocenters. The molecule has 0 spiro atoms. The quantitative estimate of drug-likeness (QED) is 0.879. The van der Waals surface area contributed by atoms with Gasteiger partial charge in [-0.25, -0.2) is 0 Å². The molecule has 2 N–H and O–H groups in total. The maximum Gasteiger partial charge on any atom is 0.307 e. The van der Waals surface area contributed by atoms with Gasteiger partial charge in [-0.3, -0.25) is 4.79 Å². The van der Waals surface area contributed by atoms with Crippen LogP contribution in [-0.2, 0) is 11.2 Å². The molecule has 3 nitrogen and oxygen atoms in total. The number of hydrogen-bond acceptors (Lipinski definition) is 3. The molecule has 0 aliphatic rings. The summed E-state index contributed by atoms with van der Waals surface area (Å²) in [5.74, 6) is -0.863. The molecular weight excluding hydrogens is 282 g/mol. The molecule has 1 aromatic heterocycles. The number of rotatable bonds is 4. The Kier molecular flexibility index (Phi) is 4.12. The Balaban J connectivity index is 2.35. The zero-order valence-corrected chi connectivity index (χ0v) is 12.2. The van der Waals surface area contributed by atoms with Gasteiger partial charge in [0.25, 0.3) is 0 Å². The zero-order valence-electron chi connectivity index (χ0n) is 10.7. The summed E-state index contributed by atoms with van der Waals surface area (Å²) < 4.78 is 0.581. The van der Waals surface area contributed by atoms with Crippen molar-refractivity contribution in [3.63, 3.8) is 0 Å². The topological polar surface area (TPSA) is 49.3 Å². The Morgan fingerprint density at radius 1 is 1.42 bits per heavy atom. The number of carboxylic acid groups (broad SMARTS) is 1. The van der Waals surface area contributed by atoms with Gasteiger partial charge in [-0.2, -0.15) is 0 Å². The first kappa shape index (κ1) is 13.9. The summed E-state index contributed by atoms with van der Waals surface area (Å²) in [6, 6.07) is 5.95. The van der Waals surface area contributed by atoms with Crippen LogP contribution in [0.25, 0.3) is 0 Å². The van der Waals surface area contributed by atoms with E-state index in [0.717, 1.165) is 11.3 Å². The number of aryl methyl sites for hydroxylation is 1. The van der Waals surface area contributed by atoms with E-state index in [-0.39, 0.29) is 6.42 Å². The summed E-state index contributed by atoms with van der Waals surface area (Å²) in [6.07, 6.45) is -0.0313. The van der Waals surface area contributed by atoms with Crippen molar-refractivity contribution < 1.29 is 9.90 Å². The number of hydrogen-bond donors (Lipinski definition) is 2. The lowest BCUT2D eigenvalue weighted by atomic mass is 10.1. The third-order valence-electron chi connectivity index (χ3n) is 3.03. The predicted octanol–water partition coefficient (Wildman–Crippen LogP) is 4.39. The molecule has 19 heavy (non-hydrogen) atoms. The molecule has 0 amide bonds. The van der Waals surface area contributed by atoms with E-state index in [1.807, 2.05) is 32.0 Å². The summed E-state index contributed by atoms with van der Waals surface area (Å²) in [5, 5.41) is 13.9. The molecule has 0 radical (unpaired) electrons. The van der Waals surface area contributed by atoms with E-state index in [4.69, 9.17) is 16.7 Å². The average molecular weight is 296 g/mol. The first-order valence-corrected chi connectivity index (χ1v) is 7.05. The molecule has 0 bridgehead atoms. The molecule has 0 saturated heterocycles. The molecule has 0 saturated carbocycles. The predicted molar refractivity (Wildman–Crippen MR) is 79.9 cm³/mol. The van der Waals surface area contributed by atoms with Gasteiger partial charge in [0.05, 0.1) is 12.1 Å². The molecule has 0 aliphatic heterocycles. The third kappa shape index (κ3) is 3.08. The number of halogens is 1. The zero-order chi connectivity index (χ0) is 14.0. The molecule has 5 heteroatoms. The van der Waals surface area contributed by atoms with Crippen molar-refractivity contribution in [3.05, 3.63) is 44.6 Å². The first-order valence-electron chi connectivity index (χ1n) is 5.80. The largest absolute Gasteiger partial charge is 0.481 e. The van der Waals surface area contributed by atoms with Gasteiger partial charge in [0, 0.05) is 5.69 Å². The number of carboxylic acids is 1. The van der Waals surface area contributed by atoms with E-state index in [9.17, 15) is 4.79 Å². The van der Waals surface area contributed by atoms with E-state index in [1.54, 1.807) is 5.38 Å². The highest BCUT2D eigenvalue weighted by molar-refractivity contribution is 7.15. The molecule has 0 aliphatic carbocycles. The monoisotopic (exact) mass is 295 g/mol. The van der Waals surface area contributed by atoms with E-state index >= 15 is 0 Å². The molecule has 1 heterocycles.